The Morgan fingerprint density at radius 1 is 1.18 bits per heavy atom. The molecule has 0 N–H and O–H groups in total. The Morgan fingerprint density at radius 2 is 1.91 bits per heavy atom. The molecule has 2 aromatic rings. The van der Waals surface area contributed by atoms with Gasteiger partial charge >= 0.3 is 6.01 Å². The Morgan fingerprint density at radius 3 is 2.59 bits per heavy atom. The van der Waals surface area contributed by atoms with E-state index in [9.17, 15) is 4.79 Å². The largest absolute Gasteiger partial charge is 0.496 e. The number of nitrogens with zero attached hydrogens (tertiary/aromatic N) is 3. The smallest absolute Gasteiger partial charge is 0.316 e. The molecule has 6 heteroatoms. The fourth-order valence-corrected chi connectivity index (χ4v) is 2.14. The second-order valence-corrected chi connectivity index (χ2v) is 4.76. The Bertz CT molecular complexity index is 661. The summed E-state index contributed by atoms with van der Waals surface area (Å²) in [5.41, 5.74) is 1.22. The van der Waals surface area contributed by atoms with Crippen molar-refractivity contribution in [3.8, 4) is 11.8 Å². The number of aromatic nitrogens is 2. The highest BCUT2D eigenvalue weighted by Gasteiger charge is 2.22. The van der Waals surface area contributed by atoms with Crippen LogP contribution in [0.1, 0.15) is 29.0 Å². The normalized spacial score (nSPS) is 11.6. The topological polar surface area (TPSA) is 64.5 Å². The van der Waals surface area contributed by atoms with Gasteiger partial charge in [-0.25, -0.2) is 4.98 Å². The second kappa shape index (κ2) is 6.89. The molecule has 0 saturated heterocycles. The highest BCUT2D eigenvalue weighted by Crippen LogP contribution is 2.28. The molecule has 0 aliphatic carbocycles. The monoisotopic (exact) mass is 301 g/mol. The number of carbonyl (C=O) groups excluding carboxylic acids is 1. The van der Waals surface area contributed by atoms with Crippen molar-refractivity contribution in [2.24, 2.45) is 0 Å². The van der Waals surface area contributed by atoms with Gasteiger partial charge < -0.3 is 14.4 Å². The van der Waals surface area contributed by atoms with Gasteiger partial charge in [0.25, 0.3) is 5.91 Å². The summed E-state index contributed by atoms with van der Waals surface area (Å²) in [5.74, 6) is 0.536. The van der Waals surface area contributed by atoms with Crippen molar-refractivity contribution in [3.05, 3.63) is 47.8 Å². The molecule has 0 saturated carbocycles. The van der Waals surface area contributed by atoms with Gasteiger partial charge in [-0.05, 0) is 19.1 Å². The highest BCUT2D eigenvalue weighted by atomic mass is 16.5. The maximum atomic E-state index is 12.6. The van der Waals surface area contributed by atoms with Crippen LogP contribution in [0, 0.1) is 0 Å². The lowest BCUT2D eigenvalue weighted by Crippen LogP contribution is -2.30. The van der Waals surface area contributed by atoms with Gasteiger partial charge in [0.05, 0.1) is 20.3 Å². The number of para-hydroxylation sites is 1. The first-order chi connectivity index (χ1) is 10.6. The van der Waals surface area contributed by atoms with Crippen molar-refractivity contribution in [1.82, 2.24) is 14.9 Å². The molecule has 0 fully saturated rings. The first-order valence-corrected chi connectivity index (χ1v) is 6.85. The lowest BCUT2D eigenvalue weighted by atomic mass is 10.1. The fourth-order valence-electron chi connectivity index (χ4n) is 2.14. The van der Waals surface area contributed by atoms with E-state index >= 15 is 0 Å². The summed E-state index contributed by atoms with van der Waals surface area (Å²) in [6.45, 7) is 1.94. The minimum absolute atomic E-state index is 0.162. The summed E-state index contributed by atoms with van der Waals surface area (Å²) in [6.07, 6.45) is 1.50. The number of ether oxygens (including phenoxy) is 2. The van der Waals surface area contributed by atoms with E-state index in [1.54, 1.807) is 25.1 Å². The van der Waals surface area contributed by atoms with Crippen LogP contribution in [0.15, 0.2) is 36.5 Å². The molecule has 2 rings (SSSR count). The van der Waals surface area contributed by atoms with Crippen molar-refractivity contribution >= 4 is 5.91 Å². The summed E-state index contributed by atoms with van der Waals surface area (Å²) < 4.78 is 10.3. The van der Waals surface area contributed by atoms with Crippen LogP contribution < -0.4 is 9.47 Å². The van der Waals surface area contributed by atoms with E-state index in [1.165, 1.54) is 13.3 Å². The number of hydrogen-bond donors (Lipinski definition) is 0. The minimum Gasteiger partial charge on any atom is -0.496 e. The Balaban J connectivity index is 2.26. The third kappa shape index (κ3) is 3.16. The molecule has 0 spiro atoms. The number of rotatable bonds is 5. The first-order valence-electron chi connectivity index (χ1n) is 6.85. The van der Waals surface area contributed by atoms with E-state index in [0.29, 0.717) is 0 Å². The van der Waals surface area contributed by atoms with Crippen molar-refractivity contribution in [1.29, 1.82) is 0 Å². The molecule has 1 aromatic heterocycles. The molecular weight excluding hydrogens is 282 g/mol. The molecule has 6 nitrogen and oxygen atoms in total. The number of methoxy groups -OCH3 is 2. The van der Waals surface area contributed by atoms with Gasteiger partial charge in [-0.15, -0.1) is 0 Å². The predicted molar refractivity (Wildman–Crippen MR) is 82.1 cm³/mol. The molecule has 1 heterocycles. The van der Waals surface area contributed by atoms with Crippen LogP contribution in [0.3, 0.4) is 0 Å². The minimum atomic E-state index is -0.209. The van der Waals surface area contributed by atoms with Gasteiger partial charge in [0, 0.05) is 18.8 Å². The van der Waals surface area contributed by atoms with E-state index in [-0.39, 0.29) is 23.7 Å². The second-order valence-electron chi connectivity index (χ2n) is 4.76. The van der Waals surface area contributed by atoms with E-state index in [2.05, 4.69) is 9.97 Å². The average Bonchev–Trinajstić information content (AvgIpc) is 2.59. The van der Waals surface area contributed by atoms with Gasteiger partial charge in [0.15, 0.2) is 0 Å². The molecular formula is C16H19N3O3. The van der Waals surface area contributed by atoms with Crippen molar-refractivity contribution in [3.63, 3.8) is 0 Å². The van der Waals surface area contributed by atoms with Gasteiger partial charge in [0.2, 0.25) is 0 Å². The van der Waals surface area contributed by atoms with Gasteiger partial charge in [0.1, 0.15) is 11.4 Å². The molecule has 22 heavy (non-hydrogen) atoms. The summed E-state index contributed by atoms with van der Waals surface area (Å²) in [5, 5.41) is 0. The molecule has 116 valence electrons. The zero-order chi connectivity index (χ0) is 16.1. The van der Waals surface area contributed by atoms with Crippen LogP contribution in [0.4, 0.5) is 0 Å². The van der Waals surface area contributed by atoms with Gasteiger partial charge in [-0.3, -0.25) is 4.79 Å². The predicted octanol–water partition coefficient (Wildman–Crippen LogP) is 2.33. The van der Waals surface area contributed by atoms with Crippen molar-refractivity contribution in [2.75, 3.05) is 21.3 Å². The third-order valence-corrected chi connectivity index (χ3v) is 3.53. The van der Waals surface area contributed by atoms with Crippen LogP contribution in [0.2, 0.25) is 0 Å². The molecule has 1 atom stereocenters. The van der Waals surface area contributed by atoms with Crippen LogP contribution >= 0.6 is 0 Å². The standard InChI is InChI=1S/C16H19N3O3/c1-11(12-7-5-6-8-14(12)21-3)19(2)15(20)13-9-10-17-16(18-13)22-4/h5-11H,1-4H3/t11-/m1/s1. The first kappa shape index (κ1) is 15.8. The lowest BCUT2D eigenvalue weighted by molar-refractivity contribution is 0.0734. The molecule has 1 aromatic carbocycles. The molecule has 0 unspecified atom stereocenters. The van der Waals surface area contributed by atoms with Crippen LogP contribution in [0.25, 0.3) is 0 Å². The van der Waals surface area contributed by atoms with Crippen molar-refractivity contribution in [2.45, 2.75) is 13.0 Å². The number of hydrogen-bond acceptors (Lipinski definition) is 5. The van der Waals surface area contributed by atoms with Crippen LogP contribution in [0.5, 0.6) is 11.8 Å². The van der Waals surface area contributed by atoms with Gasteiger partial charge in [-0.1, -0.05) is 18.2 Å². The lowest BCUT2D eigenvalue weighted by Gasteiger charge is -2.26. The Hall–Kier alpha value is -2.63. The summed E-state index contributed by atoms with van der Waals surface area (Å²) in [4.78, 5) is 22.2. The van der Waals surface area contributed by atoms with E-state index in [0.717, 1.165) is 11.3 Å². The molecule has 1 amide bonds. The maximum absolute atomic E-state index is 12.6. The fraction of sp³-hybridized carbons (Fsp3) is 0.312. The summed E-state index contributed by atoms with van der Waals surface area (Å²) >= 11 is 0. The van der Waals surface area contributed by atoms with E-state index in [1.807, 2.05) is 31.2 Å². The van der Waals surface area contributed by atoms with E-state index in [4.69, 9.17) is 9.47 Å². The zero-order valence-electron chi connectivity index (χ0n) is 13.1. The number of amides is 1. The molecule has 0 radical (unpaired) electrons. The maximum Gasteiger partial charge on any atom is 0.316 e. The van der Waals surface area contributed by atoms with Crippen LogP contribution in [-0.2, 0) is 0 Å². The quantitative estimate of drug-likeness (QED) is 0.848. The average molecular weight is 301 g/mol. The van der Waals surface area contributed by atoms with Crippen molar-refractivity contribution < 1.29 is 14.3 Å². The SMILES string of the molecule is COc1nccc(C(=O)N(C)[C@H](C)c2ccccc2OC)n1. The van der Waals surface area contributed by atoms with E-state index < -0.39 is 0 Å². The number of benzene rings is 1. The zero-order valence-corrected chi connectivity index (χ0v) is 13.1. The molecule has 0 bridgehead atoms. The highest BCUT2D eigenvalue weighted by molar-refractivity contribution is 5.92. The Labute approximate surface area is 129 Å². The van der Waals surface area contributed by atoms with Crippen LogP contribution in [-0.4, -0.2) is 42.0 Å². The molecule has 0 aliphatic rings. The third-order valence-electron chi connectivity index (χ3n) is 3.53. The summed E-state index contributed by atoms with van der Waals surface area (Å²) in [7, 11) is 4.81. The summed E-state index contributed by atoms with van der Waals surface area (Å²) in [6, 6.07) is 9.20. The van der Waals surface area contributed by atoms with Gasteiger partial charge in [-0.2, -0.15) is 4.98 Å². The molecule has 0 aliphatic heterocycles. The number of carbonyl (C=O) groups is 1. The Kier molecular flexibility index (Phi) is 4.93.